The van der Waals surface area contributed by atoms with Gasteiger partial charge in [-0.1, -0.05) is 17.7 Å². The molecular weight excluding hydrogens is 330 g/mol. The van der Waals surface area contributed by atoms with Gasteiger partial charge >= 0.3 is 0 Å². The fourth-order valence-electron chi connectivity index (χ4n) is 2.59. The Bertz CT molecular complexity index is 562. The molecule has 1 aromatic rings. The molecule has 0 spiro atoms. The maximum absolute atomic E-state index is 12.0. The number of carbonyl (C=O) groups excluding carboxylic acids is 2. The second-order valence-corrected chi connectivity index (χ2v) is 6.14. The number of hydrogen-bond donors (Lipinski definition) is 1. The minimum absolute atomic E-state index is 0.0588. The van der Waals surface area contributed by atoms with Crippen LogP contribution in [0.5, 0.6) is 0 Å². The van der Waals surface area contributed by atoms with Crippen LogP contribution in [0.2, 0.25) is 5.02 Å². The standard InChI is InChI=1S/C17H24ClN3O3/c1-14(22)21(16-4-2-3-15(18)13-16)7-5-17(23)19-6-8-20-9-11-24-12-10-20/h2-4,13H,5-12H2,1H3,(H,19,23). The average molecular weight is 354 g/mol. The van der Waals surface area contributed by atoms with Crippen LogP contribution in [0.4, 0.5) is 5.69 Å². The summed E-state index contributed by atoms with van der Waals surface area (Å²) < 4.78 is 5.29. The Hall–Kier alpha value is -1.63. The van der Waals surface area contributed by atoms with Crippen LogP contribution >= 0.6 is 11.6 Å². The van der Waals surface area contributed by atoms with Gasteiger partial charge in [0.1, 0.15) is 0 Å². The largest absolute Gasteiger partial charge is 0.379 e. The second-order valence-electron chi connectivity index (χ2n) is 5.70. The lowest BCUT2D eigenvalue weighted by atomic mass is 10.2. The number of hydrogen-bond acceptors (Lipinski definition) is 4. The summed E-state index contributed by atoms with van der Waals surface area (Å²) in [5, 5.41) is 3.47. The first-order valence-corrected chi connectivity index (χ1v) is 8.54. The van der Waals surface area contributed by atoms with Crippen molar-refractivity contribution in [2.24, 2.45) is 0 Å². The first-order chi connectivity index (χ1) is 11.6. The number of morpholine rings is 1. The minimum Gasteiger partial charge on any atom is -0.379 e. The smallest absolute Gasteiger partial charge is 0.223 e. The molecule has 2 amide bonds. The highest BCUT2D eigenvalue weighted by molar-refractivity contribution is 6.30. The summed E-state index contributed by atoms with van der Waals surface area (Å²) >= 11 is 5.97. The molecule has 1 saturated heterocycles. The van der Waals surface area contributed by atoms with E-state index in [1.165, 1.54) is 6.92 Å². The first kappa shape index (κ1) is 18.7. The third-order valence-electron chi connectivity index (χ3n) is 3.92. The summed E-state index contributed by atoms with van der Waals surface area (Å²) in [6.07, 6.45) is 0.259. The molecule has 1 aromatic carbocycles. The van der Waals surface area contributed by atoms with Crippen LogP contribution in [0.25, 0.3) is 0 Å². The number of halogens is 1. The van der Waals surface area contributed by atoms with Gasteiger partial charge in [0.15, 0.2) is 0 Å². The molecule has 132 valence electrons. The van der Waals surface area contributed by atoms with Crippen LogP contribution in [0, 0.1) is 0 Å². The van der Waals surface area contributed by atoms with Gasteiger partial charge < -0.3 is 15.0 Å². The number of benzene rings is 1. The fourth-order valence-corrected chi connectivity index (χ4v) is 2.78. The normalized spacial score (nSPS) is 15.1. The zero-order valence-corrected chi connectivity index (χ0v) is 14.7. The van der Waals surface area contributed by atoms with Crippen molar-refractivity contribution in [2.75, 3.05) is 50.8 Å². The number of nitrogens with zero attached hydrogens (tertiary/aromatic N) is 2. The van der Waals surface area contributed by atoms with Crippen molar-refractivity contribution >= 4 is 29.1 Å². The lowest BCUT2D eigenvalue weighted by Crippen LogP contribution is -2.42. The lowest BCUT2D eigenvalue weighted by Gasteiger charge is -2.26. The van der Waals surface area contributed by atoms with Crippen LogP contribution in [0.1, 0.15) is 13.3 Å². The molecule has 2 rings (SSSR count). The van der Waals surface area contributed by atoms with Gasteiger partial charge in [0, 0.05) is 56.8 Å². The second kappa shape index (κ2) is 9.61. The Labute approximate surface area is 147 Å². The van der Waals surface area contributed by atoms with Crippen molar-refractivity contribution in [1.82, 2.24) is 10.2 Å². The Morgan fingerprint density at radius 3 is 2.75 bits per heavy atom. The molecule has 0 atom stereocenters. The molecule has 1 N–H and O–H groups in total. The van der Waals surface area contributed by atoms with E-state index in [4.69, 9.17) is 16.3 Å². The third-order valence-corrected chi connectivity index (χ3v) is 4.15. The summed E-state index contributed by atoms with van der Waals surface area (Å²) in [5.74, 6) is -0.171. The van der Waals surface area contributed by atoms with Crippen molar-refractivity contribution in [3.8, 4) is 0 Å². The SMILES string of the molecule is CC(=O)N(CCC(=O)NCCN1CCOCC1)c1cccc(Cl)c1. The van der Waals surface area contributed by atoms with Gasteiger partial charge in [-0.3, -0.25) is 14.5 Å². The molecule has 1 aliphatic heterocycles. The average Bonchev–Trinajstić information content (AvgIpc) is 2.56. The van der Waals surface area contributed by atoms with Crippen LogP contribution < -0.4 is 10.2 Å². The molecule has 0 aromatic heterocycles. The molecule has 1 heterocycles. The Morgan fingerprint density at radius 2 is 2.08 bits per heavy atom. The highest BCUT2D eigenvalue weighted by atomic mass is 35.5. The molecule has 0 aliphatic carbocycles. The van der Waals surface area contributed by atoms with Gasteiger partial charge in [0.25, 0.3) is 0 Å². The monoisotopic (exact) mass is 353 g/mol. The molecule has 1 fully saturated rings. The van der Waals surface area contributed by atoms with E-state index < -0.39 is 0 Å². The number of ether oxygens (including phenoxy) is 1. The van der Waals surface area contributed by atoms with Gasteiger partial charge in [-0.25, -0.2) is 0 Å². The Balaban J connectivity index is 1.75. The van der Waals surface area contributed by atoms with E-state index in [-0.39, 0.29) is 18.2 Å². The summed E-state index contributed by atoms with van der Waals surface area (Å²) in [4.78, 5) is 27.6. The zero-order valence-electron chi connectivity index (χ0n) is 14.0. The number of amides is 2. The fraction of sp³-hybridized carbons (Fsp3) is 0.529. The predicted octanol–water partition coefficient (Wildman–Crippen LogP) is 1.53. The molecule has 24 heavy (non-hydrogen) atoms. The van der Waals surface area contributed by atoms with Gasteiger partial charge in [-0.2, -0.15) is 0 Å². The minimum atomic E-state index is -0.113. The zero-order chi connectivity index (χ0) is 17.4. The van der Waals surface area contributed by atoms with Crippen molar-refractivity contribution in [1.29, 1.82) is 0 Å². The van der Waals surface area contributed by atoms with E-state index in [0.717, 1.165) is 32.8 Å². The van der Waals surface area contributed by atoms with Crippen LogP contribution in [0.15, 0.2) is 24.3 Å². The van der Waals surface area contributed by atoms with Crippen molar-refractivity contribution in [2.45, 2.75) is 13.3 Å². The van der Waals surface area contributed by atoms with Crippen molar-refractivity contribution in [3.63, 3.8) is 0 Å². The van der Waals surface area contributed by atoms with E-state index in [1.54, 1.807) is 23.1 Å². The molecule has 6 nitrogen and oxygen atoms in total. The van der Waals surface area contributed by atoms with Crippen molar-refractivity contribution < 1.29 is 14.3 Å². The third kappa shape index (κ3) is 6.11. The van der Waals surface area contributed by atoms with Gasteiger partial charge in [0.2, 0.25) is 11.8 Å². The molecule has 7 heteroatoms. The summed E-state index contributed by atoms with van der Waals surface area (Å²) in [5.41, 5.74) is 0.705. The number of nitrogens with one attached hydrogen (secondary N) is 1. The molecular formula is C17H24ClN3O3. The predicted molar refractivity (Wildman–Crippen MR) is 94.4 cm³/mol. The molecule has 0 saturated carbocycles. The Kier molecular flexibility index (Phi) is 7.49. The maximum Gasteiger partial charge on any atom is 0.223 e. The lowest BCUT2D eigenvalue weighted by molar-refractivity contribution is -0.121. The quantitative estimate of drug-likeness (QED) is 0.807. The van der Waals surface area contributed by atoms with Crippen LogP contribution in [-0.2, 0) is 14.3 Å². The van der Waals surface area contributed by atoms with Gasteiger partial charge in [-0.15, -0.1) is 0 Å². The first-order valence-electron chi connectivity index (χ1n) is 8.17. The van der Waals surface area contributed by atoms with Crippen molar-refractivity contribution in [3.05, 3.63) is 29.3 Å². The summed E-state index contributed by atoms with van der Waals surface area (Å²) in [7, 11) is 0. The van der Waals surface area contributed by atoms with E-state index in [0.29, 0.717) is 23.8 Å². The van der Waals surface area contributed by atoms with Crippen LogP contribution in [0.3, 0.4) is 0 Å². The number of carbonyl (C=O) groups is 2. The Morgan fingerprint density at radius 1 is 1.33 bits per heavy atom. The maximum atomic E-state index is 12.0. The molecule has 0 unspecified atom stereocenters. The topological polar surface area (TPSA) is 61.9 Å². The van der Waals surface area contributed by atoms with E-state index >= 15 is 0 Å². The van der Waals surface area contributed by atoms with Gasteiger partial charge in [0.05, 0.1) is 13.2 Å². The summed E-state index contributed by atoms with van der Waals surface area (Å²) in [6, 6.07) is 7.07. The highest BCUT2D eigenvalue weighted by Crippen LogP contribution is 2.19. The summed E-state index contributed by atoms with van der Waals surface area (Å²) in [6.45, 7) is 6.56. The molecule has 0 bridgehead atoms. The molecule has 1 aliphatic rings. The van der Waals surface area contributed by atoms with E-state index in [9.17, 15) is 9.59 Å². The number of anilines is 1. The van der Waals surface area contributed by atoms with E-state index in [1.807, 2.05) is 6.07 Å². The number of rotatable bonds is 7. The highest BCUT2D eigenvalue weighted by Gasteiger charge is 2.14. The molecule has 0 radical (unpaired) electrons. The van der Waals surface area contributed by atoms with Gasteiger partial charge in [-0.05, 0) is 18.2 Å². The van der Waals surface area contributed by atoms with Crippen LogP contribution in [-0.4, -0.2) is 62.7 Å². The van der Waals surface area contributed by atoms with E-state index in [2.05, 4.69) is 10.2 Å².